The standard InChI is InChI=1S/C21H29FN4O2/c1-4-26(17(3)18-5-7-19(22)8-6-18)21(27)15-25-11-9-24(10-12-25)14-20-13-16(2)23-28-20/h5-8,13,17H,4,9-12,14-15H2,1-3H3. The van der Waals surface area contributed by atoms with Crippen LogP contribution in [0.3, 0.4) is 0 Å². The second-order valence-electron chi connectivity index (χ2n) is 7.39. The van der Waals surface area contributed by atoms with Gasteiger partial charge in [0.15, 0.2) is 5.76 Å². The second-order valence-corrected chi connectivity index (χ2v) is 7.39. The van der Waals surface area contributed by atoms with Gasteiger partial charge in [0, 0.05) is 38.8 Å². The van der Waals surface area contributed by atoms with Gasteiger partial charge in [-0.1, -0.05) is 17.3 Å². The molecule has 1 amide bonds. The van der Waals surface area contributed by atoms with Gasteiger partial charge in [-0.3, -0.25) is 14.6 Å². The van der Waals surface area contributed by atoms with Gasteiger partial charge >= 0.3 is 0 Å². The molecule has 28 heavy (non-hydrogen) atoms. The quantitative estimate of drug-likeness (QED) is 0.730. The van der Waals surface area contributed by atoms with Crippen molar-refractivity contribution in [3.05, 3.63) is 53.2 Å². The summed E-state index contributed by atoms with van der Waals surface area (Å²) in [6.45, 7) is 11.2. The normalized spacial score (nSPS) is 16.9. The Kier molecular flexibility index (Phi) is 6.80. The largest absolute Gasteiger partial charge is 0.360 e. The Hall–Kier alpha value is -2.25. The minimum Gasteiger partial charge on any atom is -0.360 e. The molecule has 7 heteroatoms. The summed E-state index contributed by atoms with van der Waals surface area (Å²) in [6, 6.07) is 8.28. The molecule has 1 aromatic carbocycles. The number of hydrogen-bond acceptors (Lipinski definition) is 5. The predicted octanol–water partition coefficient (Wildman–Crippen LogP) is 2.85. The van der Waals surface area contributed by atoms with Crippen LogP contribution in [-0.4, -0.2) is 65.0 Å². The highest BCUT2D eigenvalue weighted by Gasteiger charge is 2.25. The molecule has 1 aliphatic heterocycles. The molecule has 152 valence electrons. The number of amides is 1. The number of aromatic nitrogens is 1. The van der Waals surface area contributed by atoms with Crippen molar-refractivity contribution in [2.75, 3.05) is 39.3 Å². The van der Waals surface area contributed by atoms with Gasteiger partial charge < -0.3 is 9.42 Å². The zero-order chi connectivity index (χ0) is 20.1. The van der Waals surface area contributed by atoms with Gasteiger partial charge in [0.25, 0.3) is 0 Å². The average Bonchev–Trinajstić information content (AvgIpc) is 3.09. The van der Waals surface area contributed by atoms with Gasteiger partial charge in [-0.15, -0.1) is 0 Å². The molecule has 1 aromatic heterocycles. The fourth-order valence-electron chi connectivity index (χ4n) is 3.69. The lowest BCUT2D eigenvalue weighted by molar-refractivity contribution is -0.134. The maximum absolute atomic E-state index is 13.2. The van der Waals surface area contributed by atoms with E-state index >= 15 is 0 Å². The van der Waals surface area contributed by atoms with Crippen molar-refractivity contribution in [1.82, 2.24) is 19.9 Å². The first-order valence-corrected chi connectivity index (χ1v) is 9.88. The summed E-state index contributed by atoms with van der Waals surface area (Å²) in [5, 5.41) is 3.93. The van der Waals surface area contributed by atoms with Crippen LogP contribution in [0.25, 0.3) is 0 Å². The molecule has 1 fully saturated rings. The van der Waals surface area contributed by atoms with Gasteiger partial charge in [-0.05, 0) is 38.5 Å². The molecule has 1 unspecified atom stereocenters. The molecular weight excluding hydrogens is 359 g/mol. The maximum atomic E-state index is 13.2. The zero-order valence-corrected chi connectivity index (χ0v) is 16.9. The number of benzene rings is 1. The fraction of sp³-hybridized carbons (Fsp3) is 0.524. The third kappa shape index (κ3) is 5.17. The van der Waals surface area contributed by atoms with E-state index in [1.807, 2.05) is 31.7 Å². The third-order valence-corrected chi connectivity index (χ3v) is 5.36. The SMILES string of the molecule is CCN(C(=O)CN1CCN(Cc2cc(C)no2)CC1)C(C)c1ccc(F)cc1. The van der Waals surface area contributed by atoms with E-state index in [1.165, 1.54) is 12.1 Å². The molecule has 0 aliphatic carbocycles. The Labute approximate surface area is 165 Å². The molecule has 1 atom stereocenters. The van der Waals surface area contributed by atoms with Crippen molar-refractivity contribution >= 4 is 5.91 Å². The van der Waals surface area contributed by atoms with E-state index in [-0.39, 0.29) is 17.8 Å². The molecule has 2 heterocycles. The maximum Gasteiger partial charge on any atom is 0.237 e. The number of aryl methyl sites for hydroxylation is 1. The first-order valence-electron chi connectivity index (χ1n) is 9.88. The number of likely N-dealkylation sites (N-methyl/N-ethyl adjacent to an activating group) is 1. The van der Waals surface area contributed by atoms with Crippen molar-refractivity contribution < 1.29 is 13.7 Å². The monoisotopic (exact) mass is 388 g/mol. The van der Waals surface area contributed by atoms with Crippen LogP contribution in [0.2, 0.25) is 0 Å². The highest BCUT2D eigenvalue weighted by molar-refractivity contribution is 5.78. The minimum absolute atomic E-state index is 0.0749. The van der Waals surface area contributed by atoms with Crippen molar-refractivity contribution in [3.63, 3.8) is 0 Å². The molecule has 3 rings (SSSR count). The molecule has 0 bridgehead atoms. The molecule has 0 saturated carbocycles. The topological polar surface area (TPSA) is 52.8 Å². The molecule has 0 radical (unpaired) electrons. The number of rotatable bonds is 7. The summed E-state index contributed by atoms with van der Waals surface area (Å²) in [4.78, 5) is 19.2. The van der Waals surface area contributed by atoms with Gasteiger partial charge in [0.05, 0.1) is 24.8 Å². The summed E-state index contributed by atoms with van der Waals surface area (Å²) in [5.41, 5.74) is 1.85. The van der Waals surface area contributed by atoms with Crippen LogP contribution in [0.1, 0.15) is 36.9 Å². The van der Waals surface area contributed by atoms with Crippen LogP contribution in [0.15, 0.2) is 34.9 Å². The Bertz CT molecular complexity index is 769. The highest BCUT2D eigenvalue weighted by Crippen LogP contribution is 2.21. The fourth-order valence-corrected chi connectivity index (χ4v) is 3.69. The number of carbonyl (C=O) groups is 1. The molecule has 2 aromatic rings. The molecule has 0 N–H and O–H groups in total. The van der Waals surface area contributed by atoms with Gasteiger partial charge in [-0.25, -0.2) is 4.39 Å². The van der Waals surface area contributed by atoms with E-state index in [1.54, 1.807) is 12.1 Å². The summed E-state index contributed by atoms with van der Waals surface area (Å²) in [5.74, 6) is 0.731. The van der Waals surface area contributed by atoms with E-state index < -0.39 is 0 Å². The first-order chi connectivity index (χ1) is 13.5. The Morgan fingerprint density at radius 3 is 2.43 bits per heavy atom. The summed E-state index contributed by atoms with van der Waals surface area (Å²) < 4.78 is 18.5. The van der Waals surface area contributed by atoms with Crippen LogP contribution in [-0.2, 0) is 11.3 Å². The number of hydrogen-bond donors (Lipinski definition) is 0. The number of piperazine rings is 1. The zero-order valence-electron chi connectivity index (χ0n) is 16.9. The van der Waals surface area contributed by atoms with Crippen LogP contribution >= 0.6 is 0 Å². The Morgan fingerprint density at radius 1 is 1.21 bits per heavy atom. The predicted molar refractivity (Wildman–Crippen MR) is 105 cm³/mol. The molecule has 0 spiro atoms. The van der Waals surface area contributed by atoms with Crippen molar-refractivity contribution in [3.8, 4) is 0 Å². The van der Waals surface area contributed by atoms with Crippen LogP contribution in [0.5, 0.6) is 0 Å². The van der Waals surface area contributed by atoms with E-state index in [0.717, 1.165) is 49.7 Å². The van der Waals surface area contributed by atoms with Crippen molar-refractivity contribution in [2.24, 2.45) is 0 Å². The summed E-state index contributed by atoms with van der Waals surface area (Å²) in [7, 11) is 0. The average molecular weight is 388 g/mol. The summed E-state index contributed by atoms with van der Waals surface area (Å²) in [6.07, 6.45) is 0. The van der Waals surface area contributed by atoms with Crippen LogP contribution in [0, 0.1) is 12.7 Å². The lowest BCUT2D eigenvalue weighted by Crippen LogP contribution is -2.50. The van der Waals surface area contributed by atoms with Crippen LogP contribution < -0.4 is 0 Å². The van der Waals surface area contributed by atoms with Crippen molar-refractivity contribution in [1.29, 1.82) is 0 Å². The van der Waals surface area contributed by atoms with E-state index in [0.29, 0.717) is 13.1 Å². The Morgan fingerprint density at radius 2 is 1.86 bits per heavy atom. The molecule has 6 nitrogen and oxygen atoms in total. The Balaban J connectivity index is 1.50. The molecule has 1 aliphatic rings. The van der Waals surface area contributed by atoms with Gasteiger partial charge in [0.2, 0.25) is 5.91 Å². The third-order valence-electron chi connectivity index (χ3n) is 5.36. The minimum atomic E-state index is -0.260. The first kappa shape index (κ1) is 20.5. The van der Waals surface area contributed by atoms with E-state index in [4.69, 9.17) is 4.52 Å². The lowest BCUT2D eigenvalue weighted by Gasteiger charge is -2.36. The lowest BCUT2D eigenvalue weighted by atomic mass is 10.1. The molecular formula is C21H29FN4O2. The number of nitrogens with zero attached hydrogens (tertiary/aromatic N) is 4. The van der Waals surface area contributed by atoms with E-state index in [9.17, 15) is 9.18 Å². The van der Waals surface area contributed by atoms with Gasteiger partial charge in [-0.2, -0.15) is 0 Å². The number of carbonyl (C=O) groups excluding carboxylic acids is 1. The smallest absolute Gasteiger partial charge is 0.237 e. The number of halogens is 1. The second kappa shape index (κ2) is 9.30. The van der Waals surface area contributed by atoms with Crippen molar-refractivity contribution in [2.45, 2.75) is 33.4 Å². The highest BCUT2D eigenvalue weighted by atomic mass is 19.1. The van der Waals surface area contributed by atoms with Gasteiger partial charge in [0.1, 0.15) is 5.82 Å². The van der Waals surface area contributed by atoms with Crippen LogP contribution in [0.4, 0.5) is 4.39 Å². The summed E-state index contributed by atoms with van der Waals surface area (Å²) >= 11 is 0. The molecule has 1 saturated heterocycles. The van der Waals surface area contributed by atoms with E-state index in [2.05, 4.69) is 15.0 Å².